The van der Waals surface area contributed by atoms with Crippen molar-refractivity contribution in [1.29, 1.82) is 0 Å². The predicted octanol–water partition coefficient (Wildman–Crippen LogP) is 3.21. The fraction of sp³-hybridized carbons (Fsp3) is 0.400. The molecule has 7 heteroatoms. The zero-order chi connectivity index (χ0) is 15.9. The Labute approximate surface area is 142 Å². The first-order valence-electron chi connectivity index (χ1n) is 6.87. The van der Waals surface area contributed by atoms with Crippen molar-refractivity contribution >= 4 is 39.5 Å². The normalized spacial score (nSPS) is 20.4. The second-order valence-corrected chi connectivity index (χ2v) is 7.35. The van der Waals surface area contributed by atoms with Crippen LogP contribution in [0.25, 0.3) is 5.57 Å². The molecule has 2 aliphatic heterocycles. The van der Waals surface area contributed by atoms with E-state index >= 15 is 0 Å². The molecule has 1 amide bonds. The summed E-state index contributed by atoms with van der Waals surface area (Å²) in [6.45, 7) is 1.08. The topological polar surface area (TPSA) is 42.0 Å². The van der Waals surface area contributed by atoms with Crippen LogP contribution in [0, 0.1) is 0 Å². The summed E-state index contributed by atoms with van der Waals surface area (Å²) in [5.41, 5.74) is 2.16. The number of rotatable bonds is 1. The summed E-state index contributed by atoms with van der Waals surface area (Å²) in [5.74, 6) is 0.854. The Kier molecular flexibility index (Phi) is 4.38. The summed E-state index contributed by atoms with van der Waals surface area (Å²) in [4.78, 5) is 15.2. The van der Waals surface area contributed by atoms with Crippen LogP contribution in [0.15, 0.2) is 27.6 Å². The minimum Gasteiger partial charge on any atom is -0.491 e. The highest BCUT2D eigenvalue weighted by molar-refractivity contribution is 9.10. The SMILES string of the molecule is COC(=O)N1CC2=C(S1)C(N(C)C)COc1ccc(Br)cc12. The standard InChI is InChI=1S/C15H17BrN2O3S/c1-17(2)12-8-21-13-5-4-9(16)6-10(13)11-7-18(15(19)20-3)22-14(11)12/h4-6,12H,7-8H2,1-3H3. The highest BCUT2D eigenvalue weighted by Crippen LogP contribution is 2.46. The summed E-state index contributed by atoms with van der Waals surface area (Å²) in [7, 11) is 5.45. The Morgan fingerprint density at radius 2 is 2.27 bits per heavy atom. The van der Waals surface area contributed by atoms with Gasteiger partial charge in [0.15, 0.2) is 0 Å². The second kappa shape index (κ2) is 6.14. The minimum absolute atomic E-state index is 0.112. The molecule has 0 fully saturated rings. The highest BCUT2D eigenvalue weighted by Gasteiger charge is 2.37. The number of ether oxygens (including phenoxy) is 2. The van der Waals surface area contributed by atoms with E-state index in [-0.39, 0.29) is 12.1 Å². The van der Waals surface area contributed by atoms with Crippen LogP contribution in [0.2, 0.25) is 0 Å². The van der Waals surface area contributed by atoms with Crippen molar-refractivity contribution in [1.82, 2.24) is 9.21 Å². The first-order valence-corrected chi connectivity index (χ1v) is 8.43. The largest absolute Gasteiger partial charge is 0.491 e. The van der Waals surface area contributed by atoms with Crippen LogP contribution >= 0.6 is 27.9 Å². The summed E-state index contributed by atoms with van der Waals surface area (Å²) in [6, 6.07) is 6.09. The zero-order valence-corrected chi connectivity index (χ0v) is 15.0. The van der Waals surface area contributed by atoms with Gasteiger partial charge in [0.1, 0.15) is 12.4 Å². The molecule has 22 heavy (non-hydrogen) atoms. The molecule has 0 saturated heterocycles. The van der Waals surface area contributed by atoms with Crippen LogP contribution in [0.5, 0.6) is 5.75 Å². The molecule has 0 bridgehead atoms. The van der Waals surface area contributed by atoms with Crippen LogP contribution in [0.3, 0.4) is 0 Å². The second-order valence-electron chi connectivity index (χ2n) is 5.37. The first-order chi connectivity index (χ1) is 10.5. The molecule has 0 aromatic heterocycles. The Morgan fingerprint density at radius 1 is 1.50 bits per heavy atom. The molecule has 0 saturated carbocycles. The van der Waals surface area contributed by atoms with E-state index in [0.29, 0.717) is 13.2 Å². The lowest BCUT2D eigenvalue weighted by atomic mass is 10.0. The number of benzene rings is 1. The van der Waals surface area contributed by atoms with Gasteiger partial charge < -0.3 is 9.47 Å². The lowest BCUT2D eigenvalue weighted by Gasteiger charge is -2.24. The van der Waals surface area contributed by atoms with Crippen molar-refractivity contribution in [2.24, 2.45) is 0 Å². The molecule has 2 aliphatic rings. The van der Waals surface area contributed by atoms with Gasteiger partial charge in [-0.3, -0.25) is 4.90 Å². The van der Waals surface area contributed by atoms with Crippen LogP contribution in [0.4, 0.5) is 4.79 Å². The van der Waals surface area contributed by atoms with Gasteiger partial charge in [-0.05, 0) is 49.8 Å². The molecular weight excluding hydrogens is 368 g/mol. The van der Waals surface area contributed by atoms with Gasteiger partial charge in [-0.2, -0.15) is 0 Å². The van der Waals surface area contributed by atoms with E-state index in [1.807, 2.05) is 32.3 Å². The monoisotopic (exact) mass is 384 g/mol. The maximum Gasteiger partial charge on any atom is 0.420 e. The van der Waals surface area contributed by atoms with Crippen molar-refractivity contribution in [2.45, 2.75) is 6.04 Å². The molecule has 118 valence electrons. The van der Waals surface area contributed by atoms with E-state index in [9.17, 15) is 4.79 Å². The fourth-order valence-corrected chi connectivity index (χ4v) is 4.23. The van der Waals surface area contributed by atoms with Gasteiger partial charge >= 0.3 is 6.09 Å². The van der Waals surface area contributed by atoms with Crippen molar-refractivity contribution in [3.8, 4) is 5.75 Å². The third-order valence-corrected chi connectivity index (χ3v) is 5.48. The maximum atomic E-state index is 11.9. The first kappa shape index (κ1) is 15.7. The third-order valence-electron chi connectivity index (χ3n) is 3.78. The molecular formula is C15H17BrN2O3S. The molecule has 1 atom stereocenters. The van der Waals surface area contributed by atoms with E-state index in [0.717, 1.165) is 26.3 Å². The smallest absolute Gasteiger partial charge is 0.420 e. The average Bonchev–Trinajstić information content (AvgIpc) is 2.86. The number of fused-ring (bicyclic) bond motifs is 2. The fourth-order valence-electron chi connectivity index (χ4n) is 2.60. The number of hydrogen-bond donors (Lipinski definition) is 0. The summed E-state index contributed by atoms with van der Waals surface area (Å²) in [6.07, 6.45) is -0.326. The molecule has 0 aliphatic carbocycles. The lowest BCUT2D eigenvalue weighted by Crippen LogP contribution is -2.34. The molecule has 0 N–H and O–H groups in total. The quantitative estimate of drug-likeness (QED) is 0.695. The van der Waals surface area contributed by atoms with Gasteiger partial charge in [0, 0.05) is 14.9 Å². The zero-order valence-electron chi connectivity index (χ0n) is 12.6. The van der Waals surface area contributed by atoms with E-state index in [1.165, 1.54) is 19.1 Å². The van der Waals surface area contributed by atoms with Gasteiger partial charge in [0.2, 0.25) is 0 Å². The third kappa shape index (κ3) is 2.73. The van der Waals surface area contributed by atoms with Gasteiger partial charge in [0.25, 0.3) is 0 Å². The van der Waals surface area contributed by atoms with Crippen LogP contribution in [-0.2, 0) is 4.74 Å². The molecule has 0 radical (unpaired) electrons. The number of likely N-dealkylation sites (N-methyl/N-ethyl adjacent to an activating group) is 1. The van der Waals surface area contributed by atoms with Crippen molar-refractivity contribution in [3.63, 3.8) is 0 Å². The number of carbonyl (C=O) groups is 1. The van der Waals surface area contributed by atoms with E-state index in [1.54, 1.807) is 4.31 Å². The van der Waals surface area contributed by atoms with E-state index in [4.69, 9.17) is 9.47 Å². The average molecular weight is 385 g/mol. The molecule has 1 aromatic rings. The van der Waals surface area contributed by atoms with Crippen LogP contribution < -0.4 is 4.74 Å². The van der Waals surface area contributed by atoms with Crippen molar-refractivity contribution in [2.75, 3.05) is 34.4 Å². The van der Waals surface area contributed by atoms with E-state index in [2.05, 4.69) is 20.8 Å². The molecule has 5 nitrogen and oxygen atoms in total. The lowest BCUT2D eigenvalue weighted by molar-refractivity contribution is 0.155. The molecule has 0 spiro atoms. The van der Waals surface area contributed by atoms with Gasteiger partial charge in [0.05, 0.1) is 19.7 Å². The number of nitrogens with zero attached hydrogens (tertiary/aromatic N) is 2. The Hall–Kier alpha value is -1.18. The summed E-state index contributed by atoms with van der Waals surface area (Å²) in [5, 5.41) is 0. The molecule has 3 rings (SSSR count). The number of halogens is 1. The highest BCUT2D eigenvalue weighted by atomic mass is 79.9. The van der Waals surface area contributed by atoms with Crippen LogP contribution in [-0.4, -0.2) is 55.7 Å². The molecule has 1 aromatic carbocycles. The van der Waals surface area contributed by atoms with E-state index < -0.39 is 0 Å². The molecule has 2 heterocycles. The van der Waals surface area contributed by atoms with Crippen LogP contribution in [0.1, 0.15) is 5.56 Å². The van der Waals surface area contributed by atoms with Gasteiger partial charge in [-0.15, -0.1) is 0 Å². The Balaban J connectivity index is 2.06. The van der Waals surface area contributed by atoms with Crippen molar-refractivity contribution < 1.29 is 14.3 Å². The Morgan fingerprint density at radius 3 is 2.95 bits per heavy atom. The maximum absolute atomic E-state index is 11.9. The number of amides is 1. The number of methoxy groups -OCH3 is 1. The molecule has 1 unspecified atom stereocenters. The number of hydrogen-bond acceptors (Lipinski definition) is 5. The number of carbonyl (C=O) groups excluding carboxylic acids is 1. The predicted molar refractivity (Wildman–Crippen MR) is 90.7 cm³/mol. The summed E-state index contributed by atoms with van der Waals surface area (Å²) >= 11 is 4.96. The summed E-state index contributed by atoms with van der Waals surface area (Å²) < 4.78 is 13.5. The van der Waals surface area contributed by atoms with Gasteiger partial charge in [-0.1, -0.05) is 15.9 Å². The van der Waals surface area contributed by atoms with Crippen molar-refractivity contribution in [3.05, 3.63) is 33.1 Å². The minimum atomic E-state index is -0.326. The Bertz CT molecular complexity index is 648. The van der Waals surface area contributed by atoms with Gasteiger partial charge in [-0.25, -0.2) is 9.10 Å².